The minimum atomic E-state index is -1.04. The number of amides is 1. The number of rotatable bonds is 6. The second-order valence-electron chi connectivity index (χ2n) is 5.55. The van der Waals surface area contributed by atoms with Crippen molar-refractivity contribution in [2.45, 2.75) is 34.2 Å². The average Bonchev–Trinajstić information content (AvgIpc) is 2.81. The number of aryl methyl sites for hydroxylation is 4. The highest BCUT2D eigenvalue weighted by Gasteiger charge is 2.13. The van der Waals surface area contributed by atoms with Gasteiger partial charge in [-0.3, -0.25) is 4.79 Å². The van der Waals surface area contributed by atoms with Gasteiger partial charge in [0.15, 0.2) is 6.61 Å². The van der Waals surface area contributed by atoms with Gasteiger partial charge in [-0.25, -0.2) is 9.78 Å². The Morgan fingerprint density at radius 2 is 1.83 bits per heavy atom. The Balaban J connectivity index is 2.09. The standard InChI is InChI=1S/C17H20N2O4S/c1-9-5-13(6-10(2)16(9)23-8-15(20)21)17(22)18-7-14-11(3)19-12(4)24-14/h5-6H,7-8H2,1-4H3,(H,18,22)(H,20,21). The first-order valence-electron chi connectivity index (χ1n) is 7.45. The highest BCUT2D eigenvalue weighted by Crippen LogP contribution is 2.25. The Morgan fingerprint density at radius 3 is 2.33 bits per heavy atom. The third-order valence-corrected chi connectivity index (χ3v) is 4.54. The monoisotopic (exact) mass is 348 g/mol. The van der Waals surface area contributed by atoms with Crippen LogP contribution in [0.2, 0.25) is 0 Å². The molecular weight excluding hydrogens is 328 g/mol. The molecule has 2 aromatic rings. The number of thiazole rings is 1. The Labute approximate surface area is 144 Å². The summed E-state index contributed by atoms with van der Waals surface area (Å²) in [4.78, 5) is 28.4. The summed E-state index contributed by atoms with van der Waals surface area (Å²) in [5, 5.41) is 12.6. The van der Waals surface area contributed by atoms with Crippen molar-refractivity contribution < 1.29 is 19.4 Å². The number of hydrogen-bond acceptors (Lipinski definition) is 5. The number of aromatic nitrogens is 1. The lowest BCUT2D eigenvalue weighted by Gasteiger charge is -2.13. The van der Waals surface area contributed by atoms with Crippen LogP contribution in [0.15, 0.2) is 12.1 Å². The van der Waals surface area contributed by atoms with Gasteiger partial charge >= 0.3 is 5.97 Å². The molecule has 7 heteroatoms. The minimum Gasteiger partial charge on any atom is -0.481 e. The van der Waals surface area contributed by atoms with Crippen molar-refractivity contribution in [3.63, 3.8) is 0 Å². The third kappa shape index (κ3) is 4.32. The largest absolute Gasteiger partial charge is 0.481 e. The van der Waals surface area contributed by atoms with E-state index >= 15 is 0 Å². The molecule has 1 amide bonds. The topological polar surface area (TPSA) is 88.5 Å². The molecule has 1 aromatic heterocycles. The summed E-state index contributed by atoms with van der Waals surface area (Å²) < 4.78 is 5.27. The van der Waals surface area contributed by atoms with Gasteiger partial charge in [-0.05, 0) is 51.0 Å². The maximum Gasteiger partial charge on any atom is 0.341 e. The van der Waals surface area contributed by atoms with Gasteiger partial charge in [-0.15, -0.1) is 11.3 Å². The van der Waals surface area contributed by atoms with Crippen molar-refractivity contribution in [3.8, 4) is 5.75 Å². The smallest absolute Gasteiger partial charge is 0.341 e. The van der Waals surface area contributed by atoms with Crippen LogP contribution < -0.4 is 10.1 Å². The van der Waals surface area contributed by atoms with E-state index < -0.39 is 12.6 Å². The number of nitrogens with one attached hydrogen (secondary N) is 1. The van der Waals surface area contributed by atoms with E-state index in [-0.39, 0.29) is 5.91 Å². The Hall–Kier alpha value is -2.41. The zero-order valence-corrected chi connectivity index (χ0v) is 14.9. The molecule has 1 aromatic carbocycles. The normalized spacial score (nSPS) is 10.5. The fourth-order valence-electron chi connectivity index (χ4n) is 2.44. The summed E-state index contributed by atoms with van der Waals surface area (Å²) in [6, 6.07) is 3.40. The summed E-state index contributed by atoms with van der Waals surface area (Å²) in [6.45, 7) is 7.47. The maximum atomic E-state index is 12.4. The van der Waals surface area contributed by atoms with Crippen LogP contribution >= 0.6 is 11.3 Å². The number of aliphatic carboxylic acids is 1. The predicted octanol–water partition coefficient (Wildman–Crippen LogP) is 2.77. The van der Waals surface area contributed by atoms with Crippen LogP contribution in [-0.4, -0.2) is 28.6 Å². The number of carbonyl (C=O) groups is 2. The van der Waals surface area contributed by atoms with Gasteiger partial charge in [0.1, 0.15) is 5.75 Å². The van der Waals surface area contributed by atoms with E-state index in [1.54, 1.807) is 37.3 Å². The van der Waals surface area contributed by atoms with E-state index in [2.05, 4.69) is 10.3 Å². The molecule has 0 aliphatic carbocycles. The molecule has 0 saturated carbocycles. The van der Waals surface area contributed by atoms with Crippen LogP contribution in [0.1, 0.15) is 37.1 Å². The molecule has 1 heterocycles. The number of nitrogens with zero attached hydrogens (tertiary/aromatic N) is 1. The van der Waals surface area contributed by atoms with Crippen LogP contribution in [0.5, 0.6) is 5.75 Å². The van der Waals surface area contributed by atoms with Crippen LogP contribution in [0.3, 0.4) is 0 Å². The molecule has 0 fully saturated rings. The van der Waals surface area contributed by atoms with Crippen LogP contribution in [-0.2, 0) is 11.3 Å². The third-order valence-electron chi connectivity index (χ3n) is 3.47. The first kappa shape index (κ1) is 17.9. The van der Waals surface area contributed by atoms with Crippen molar-refractivity contribution in [1.82, 2.24) is 10.3 Å². The second-order valence-corrected chi connectivity index (χ2v) is 6.83. The van der Waals surface area contributed by atoms with E-state index in [9.17, 15) is 9.59 Å². The Morgan fingerprint density at radius 1 is 1.21 bits per heavy atom. The molecule has 2 rings (SSSR count). The zero-order valence-electron chi connectivity index (χ0n) is 14.1. The molecular formula is C17H20N2O4S. The van der Waals surface area contributed by atoms with Crippen molar-refractivity contribution in [2.75, 3.05) is 6.61 Å². The lowest BCUT2D eigenvalue weighted by atomic mass is 10.1. The molecule has 2 N–H and O–H groups in total. The molecule has 24 heavy (non-hydrogen) atoms. The molecule has 128 valence electrons. The highest BCUT2D eigenvalue weighted by atomic mass is 32.1. The Bertz CT molecular complexity index is 760. The van der Waals surface area contributed by atoms with Crippen molar-refractivity contribution in [2.24, 2.45) is 0 Å². The molecule has 0 saturated heterocycles. The molecule has 0 unspecified atom stereocenters. The number of hydrogen-bond donors (Lipinski definition) is 2. The summed E-state index contributed by atoms with van der Waals surface area (Å²) in [7, 11) is 0. The molecule has 0 atom stereocenters. The van der Waals surface area contributed by atoms with Gasteiger partial charge in [-0.1, -0.05) is 0 Å². The van der Waals surface area contributed by atoms with Crippen molar-refractivity contribution >= 4 is 23.2 Å². The number of carbonyl (C=O) groups excluding carboxylic acids is 1. The summed E-state index contributed by atoms with van der Waals surface area (Å²) >= 11 is 1.57. The van der Waals surface area contributed by atoms with Gasteiger partial charge in [0.2, 0.25) is 0 Å². The SMILES string of the molecule is Cc1nc(C)c(CNC(=O)c2cc(C)c(OCC(=O)O)c(C)c2)s1. The Kier molecular flexibility index (Phi) is 5.56. The highest BCUT2D eigenvalue weighted by molar-refractivity contribution is 7.11. The van der Waals surface area contributed by atoms with E-state index in [0.717, 1.165) is 26.7 Å². The lowest BCUT2D eigenvalue weighted by molar-refractivity contribution is -0.139. The fraction of sp³-hybridized carbons (Fsp3) is 0.353. The summed E-state index contributed by atoms with van der Waals surface area (Å²) in [6.07, 6.45) is 0. The average molecular weight is 348 g/mol. The van der Waals surface area contributed by atoms with Crippen molar-refractivity contribution in [1.29, 1.82) is 0 Å². The number of benzene rings is 1. The molecule has 0 bridgehead atoms. The first-order valence-corrected chi connectivity index (χ1v) is 8.26. The van der Waals surface area contributed by atoms with Gasteiger partial charge in [0.25, 0.3) is 5.91 Å². The van der Waals surface area contributed by atoms with E-state index in [4.69, 9.17) is 9.84 Å². The maximum absolute atomic E-state index is 12.4. The van der Waals surface area contributed by atoms with Crippen LogP contribution in [0.25, 0.3) is 0 Å². The van der Waals surface area contributed by atoms with Gasteiger partial charge in [0, 0.05) is 10.4 Å². The fourth-order valence-corrected chi connectivity index (χ4v) is 3.32. The van der Waals surface area contributed by atoms with Gasteiger partial charge in [0.05, 0.1) is 17.2 Å². The zero-order chi connectivity index (χ0) is 17.9. The second kappa shape index (κ2) is 7.44. The van der Waals surface area contributed by atoms with E-state index in [1.165, 1.54) is 0 Å². The van der Waals surface area contributed by atoms with Crippen LogP contribution in [0.4, 0.5) is 0 Å². The quantitative estimate of drug-likeness (QED) is 0.838. The van der Waals surface area contributed by atoms with E-state index in [1.807, 2.05) is 13.8 Å². The molecule has 6 nitrogen and oxygen atoms in total. The molecule has 0 aliphatic rings. The minimum absolute atomic E-state index is 0.184. The molecule has 0 radical (unpaired) electrons. The summed E-state index contributed by atoms with van der Waals surface area (Å²) in [5.74, 6) is -0.717. The molecule has 0 aliphatic heterocycles. The molecule has 0 spiro atoms. The number of ether oxygens (including phenoxy) is 1. The lowest BCUT2D eigenvalue weighted by Crippen LogP contribution is -2.23. The number of carboxylic acid groups (broad SMARTS) is 1. The predicted molar refractivity (Wildman–Crippen MR) is 91.8 cm³/mol. The van der Waals surface area contributed by atoms with Gasteiger partial charge in [-0.2, -0.15) is 0 Å². The first-order chi connectivity index (χ1) is 11.3. The van der Waals surface area contributed by atoms with Crippen molar-refractivity contribution in [3.05, 3.63) is 44.4 Å². The number of carboxylic acids is 1. The summed E-state index contributed by atoms with van der Waals surface area (Å²) in [5.41, 5.74) is 2.91. The van der Waals surface area contributed by atoms with E-state index in [0.29, 0.717) is 17.9 Å². The van der Waals surface area contributed by atoms with Crippen LogP contribution in [0, 0.1) is 27.7 Å². The van der Waals surface area contributed by atoms with Gasteiger partial charge < -0.3 is 15.2 Å².